The first-order valence-electron chi connectivity index (χ1n) is 14.1. The van der Waals surface area contributed by atoms with Crippen LogP contribution in [-0.4, -0.2) is 75.0 Å². The molecule has 1 heterocycles. The lowest BCUT2D eigenvalue weighted by Crippen LogP contribution is -2.44. The zero-order valence-electron chi connectivity index (χ0n) is 25.3. The molecule has 1 saturated heterocycles. The van der Waals surface area contributed by atoms with Crippen LogP contribution in [0.25, 0.3) is 6.08 Å². The van der Waals surface area contributed by atoms with Crippen molar-refractivity contribution in [1.82, 2.24) is 4.90 Å². The van der Waals surface area contributed by atoms with E-state index in [1.54, 1.807) is 69.0 Å². The van der Waals surface area contributed by atoms with E-state index in [1.807, 2.05) is 6.07 Å². The Labute approximate surface area is 258 Å². The van der Waals surface area contributed by atoms with Gasteiger partial charge < -0.3 is 24.8 Å². The van der Waals surface area contributed by atoms with Crippen LogP contribution in [0.2, 0.25) is 0 Å². The number of carbonyl (C=O) groups is 3. The number of rotatable bonds is 11. The minimum Gasteiger partial charge on any atom is -0.489 e. The van der Waals surface area contributed by atoms with E-state index >= 15 is 0 Å². The van der Waals surface area contributed by atoms with Gasteiger partial charge in [-0.05, 0) is 63.6 Å². The topological polar surface area (TPSA) is 169 Å². The van der Waals surface area contributed by atoms with Crippen LogP contribution in [0.1, 0.15) is 62.0 Å². The van der Waals surface area contributed by atoms with Gasteiger partial charge in [0.1, 0.15) is 17.5 Å². The average molecular weight is 627 g/mol. The molecule has 1 fully saturated rings. The van der Waals surface area contributed by atoms with Crippen molar-refractivity contribution >= 4 is 39.8 Å². The largest absolute Gasteiger partial charge is 0.489 e. The van der Waals surface area contributed by atoms with Crippen molar-refractivity contribution in [3.63, 3.8) is 0 Å². The lowest BCUT2D eigenvalue weighted by atomic mass is 10.1. The third kappa shape index (κ3) is 9.74. The summed E-state index contributed by atoms with van der Waals surface area (Å²) in [7, 11) is -4.26. The van der Waals surface area contributed by atoms with E-state index in [4.69, 9.17) is 25.2 Å². The molecule has 2 N–H and O–H groups in total. The van der Waals surface area contributed by atoms with Gasteiger partial charge in [-0.15, -0.1) is 0 Å². The Morgan fingerprint density at radius 2 is 1.84 bits per heavy atom. The number of sulfonamides is 1. The number of piperidine rings is 1. The molecule has 0 radical (unpaired) electrons. The Kier molecular flexibility index (Phi) is 11.4. The standard InChI is InChI=1S/C31H38N4O8S/c1-5-41-28(36)21-44(39,40)35(15-7-10-22-8-6-9-23(18-22)20-32)24-11-12-27(26(19-24)29(33)37)42-25-13-16-34(17-14-25)30(38)43-31(2,3)4/h6-12,18-19,25H,5,13-17,21H2,1-4H3,(H2,33,37). The number of likely N-dealkylation sites (tertiary alicyclic amines) is 1. The molecular weight excluding hydrogens is 588 g/mol. The van der Waals surface area contributed by atoms with E-state index < -0.39 is 39.3 Å². The van der Waals surface area contributed by atoms with Gasteiger partial charge in [-0.3, -0.25) is 13.9 Å². The highest BCUT2D eigenvalue weighted by Crippen LogP contribution is 2.30. The van der Waals surface area contributed by atoms with Crippen molar-refractivity contribution in [2.75, 3.05) is 36.3 Å². The van der Waals surface area contributed by atoms with Crippen molar-refractivity contribution in [2.24, 2.45) is 5.73 Å². The summed E-state index contributed by atoms with van der Waals surface area (Å²) in [6.45, 7) is 7.57. The number of amides is 2. The molecule has 0 bridgehead atoms. The lowest BCUT2D eigenvalue weighted by molar-refractivity contribution is -0.139. The van der Waals surface area contributed by atoms with Crippen molar-refractivity contribution in [3.05, 3.63) is 65.2 Å². The van der Waals surface area contributed by atoms with Crippen LogP contribution in [-0.2, 0) is 24.3 Å². The monoisotopic (exact) mass is 626 g/mol. The maximum absolute atomic E-state index is 13.4. The first-order valence-corrected chi connectivity index (χ1v) is 15.7. The SMILES string of the molecule is CCOC(=O)CS(=O)(=O)N(CC=Cc1cccc(C#N)c1)c1ccc(OC2CCN(C(=O)OC(C)(C)C)CC2)c(C(N)=O)c1. The first kappa shape index (κ1) is 33.9. The number of nitriles is 1. The number of ether oxygens (including phenoxy) is 3. The second kappa shape index (κ2) is 14.7. The van der Waals surface area contributed by atoms with E-state index in [9.17, 15) is 22.8 Å². The van der Waals surface area contributed by atoms with E-state index in [1.165, 1.54) is 18.2 Å². The molecule has 2 aromatic rings. The van der Waals surface area contributed by atoms with Crippen LogP contribution in [0.5, 0.6) is 5.75 Å². The Bertz CT molecular complexity index is 1530. The number of nitrogens with zero attached hydrogens (tertiary/aromatic N) is 3. The second-order valence-corrected chi connectivity index (χ2v) is 13.0. The fraction of sp³-hybridized carbons (Fsp3) is 0.419. The van der Waals surface area contributed by atoms with Crippen LogP contribution in [0.15, 0.2) is 48.5 Å². The van der Waals surface area contributed by atoms with Gasteiger partial charge in [0, 0.05) is 25.9 Å². The van der Waals surface area contributed by atoms with Crippen molar-refractivity contribution in [1.29, 1.82) is 5.26 Å². The predicted molar refractivity (Wildman–Crippen MR) is 164 cm³/mol. The van der Waals surface area contributed by atoms with Crippen LogP contribution in [0, 0.1) is 11.3 Å². The first-order chi connectivity index (χ1) is 20.7. The molecule has 0 spiro atoms. The van der Waals surface area contributed by atoms with Gasteiger partial charge in [-0.25, -0.2) is 13.2 Å². The molecule has 2 aromatic carbocycles. The molecule has 1 aliphatic heterocycles. The minimum absolute atomic E-state index is 0.0120. The maximum atomic E-state index is 13.4. The summed E-state index contributed by atoms with van der Waals surface area (Å²) < 4.78 is 44.1. The van der Waals surface area contributed by atoms with Crippen molar-refractivity contribution < 1.29 is 37.0 Å². The molecule has 12 nitrogen and oxygen atoms in total. The normalized spacial score (nSPS) is 14.1. The van der Waals surface area contributed by atoms with E-state index in [0.717, 1.165) is 4.31 Å². The van der Waals surface area contributed by atoms with E-state index in [0.29, 0.717) is 37.1 Å². The van der Waals surface area contributed by atoms with Crippen LogP contribution in [0.4, 0.5) is 10.5 Å². The smallest absolute Gasteiger partial charge is 0.410 e. The summed E-state index contributed by atoms with van der Waals surface area (Å²) in [5.41, 5.74) is 6.22. The summed E-state index contributed by atoms with van der Waals surface area (Å²) in [6.07, 6.45) is 3.44. The molecule has 0 saturated carbocycles. The molecule has 0 aliphatic carbocycles. The Balaban J connectivity index is 1.84. The molecule has 44 heavy (non-hydrogen) atoms. The Hall–Kier alpha value is -4.57. The van der Waals surface area contributed by atoms with Crippen molar-refractivity contribution in [3.8, 4) is 11.8 Å². The zero-order valence-corrected chi connectivity index (χ0v) is 26.1. The summed E-state index contributed by atoms with van der Waals surface area (Å²) >= 11 is 0. The Morgan fingerprint density at radius 3 is 2.45 bits per heavy atom. The number of esters is 1. The number of hydrogen-bond acceptors (Lipinski definition) is 9. The van der Waals surface area contributed by atoms with Crippen LogP contribution >= 0.6 is 0 Å². The third-order valence-corrected chi connectivity index (χ3v) is 8.07. The van der Waals surface area contributed by atoms with Crippen molar-refractivity contribution in [2.45, 2.75) is 52.2 Å². The number of nitrogens with two attached hydrogens (primary N) is 1. The summed E-state index contributed by atoms with van der Waals surface area (Å²) in [5, 5.41) is 9.15. The van der Waals surface area contributed by atoms with E-state index in [2.05, 4.69) is 0 Å². The number of anilines is 1. The highest BCUT2D eigenvalue weighted by atomic mass is 32.2. The highest BCUT2D eigenvalue weighted by molar-refractivity contribution is 7.93. The molecule has 0 unspecified atom stereocenters. The predicted octanol–water partition coefficient (Wildman–Crippen LogP) is 3.85. The second-order valence-electron chi connectivity index (χ2n) is 11.1. The highest BCUT2D eigenvalue weighted by Gasteiger charge is 2.30. The van der Waals surface area contributed by atoms with Gasteiger partial charge in [0.25, 0.3) is 5.91 Å². The minimum atomic E-state index is -4.26. The average Bonchev–Trinajstić information content (AvgIpc) is 2.95. The zero-order chi connectivity index (χ0) is 32.5. The van der Waals surface area contributed by atoms with Gasteiger partial charge >= 0.3 is 12.1 Å². The number of primary amides is 1. The maximum Gasteiger partial charge on any atom is 0.410 e. The van der Waals surface area contributed by atoms with E-state index in [-0.39, 0.29) is 36.3 Å². The van der Waals surface area contributed by atoms with Gasteiger partial charge in [0.05, 0.1) is 36.0 Å². The number of benzene rings is 2. The summed E-state index contributed by atoms with van der Waals surface area (Å²) in [5.74, 6) is -2.50. The van der Waals surface area contributed by atoms with Gasteiger partial charge in [0.2, 0.25) is 10.0 Å². The van der Waals surface area contributed by atoms with Gasteiger partial charge in [0.15, 0.2) is 5.75 Å². The van der Waals surface area contributed by atoms with Gasteiger partial charge in [-0.1, -0.05) is 24.3 Å². The molecule has 3 rings (SSSR count). The molecule has 2 amide bonds. The summed E-state index contributed by atoms with van der Waals surface area (Å²) in [4.78, 5) is 38.6. The third-order valence-electron chi connectivity index (χ3n) is 6.44. The fourth-order valence-electron chi connectivity index (χ4n) is 4.44. The number of hydrogen-bond donors (Lipinski definition) is 1. The molecule has 0 atom stereocenters. The van der Waals surface area contributed by atoms with Crippen LogP contribution in [0.3, 0.4) is 0 Å². The fourth-order valence-corrected chi connectivity index (χ4v) is 5.72. The molecule has 1 aliphatic rings. The summed E-state index contributed by atoms with van der Waals surface area (Å²) in [6, 6.07) is 13.0. The lowest BCUT2D eigenvalue weighted by Gasteiger charge is -2.33. The molecular formula is C31H38N4O8S. The molecule has 0 aromatic heterocycles. The number of carbonyl (C=O) groups excluding carboxylic acids is 3. The van der Waals surface area contributed by atoms with Gasteiger partial charge in [-0.2, -0.15) is 5.26 Å². The molecule has 236 valence electrons. The Morgan fingerprint density at radius 1 is 1.14 bits per heavy atom. The van der Waals surface area contributed by atoms with Crippen LogP contribution < -0.4 is 14.8 Å². The quantitative estimate of drug-likeness (QED) is 0.364. The molecule has 13 heteroatoms.